The number of anilines is 1. The average Bonchev–Trinajstić information content (AvgIpc) is 3.68. The predicted molar refractivity (Wildman–Crippen MR) is 142 cm³/mol. The highest BCUT2D eigenvalue weighted by molar-refractivity contribution is 5.92. The fourth-order valence-electron chi connectivity index (χ4n) is 4.60. The average molecular weight is 496 g/mol. The summed E-state index contributed by atoms with van der Waals surface area (Å²) >= 11 is 0. The molecule has 1 aromatic heterocycles. The van der Waals surface area contributed by atoms with Gasteiger partial charge >= 0.3 is 12.1 Å². The number of aryl methyl sites for hydroxylation is 1. The van der Waals surface area contributed by atoms with Crippen molar-refractivity contribution in [1.29, 1.82) is 0 Å². The monoisotopic (exact) mass is 495 g/mol. The number of carboxylic acids is 1. The third-order valence-corrected chi connectivity index (χ3v) is 7.20. The number of amides is 1. The molecular formula is C30H29N3O4. The Labute approximate surface area is 215 Å². The van der Waals surface area contributed by atoms with Crippen molar-refractivity contribution in [3.05, 3.63) is 95.7 Å². The van der Waals surface area contributed by atoms with Crippen LogP contribution in [0.25, 0.3) is 22.4 Å². The molecule has 0 aliphatic heterocycles. The van der Waals surface area contributed by atoms with Crippen LogP contribution in [0.4, 0.5) is 10.5 Å². The molecule has 0 saturated heterocycles. The Morgan fingerprint density at radius 2 is 1.51 bits per heavy atom. The lowest BCUT2D eigenvalue weighted by Crippen LogP contribution is -2.19. The van der Waals surface area contributed by atoms with E-state index in [0.717, 1.165) is 33.5 Å². The summed E-state index contributed by atoms with van der Waals surface area (Å²) in [5.41, 5.74) is 6.01. The summed E-state index contributed by atoms with van der Waals surface area (Å²) in [5, 5.41) is 17.0. The zero-order valence-corrected chi connectivity index (χ0v) is 21.1. The van der Waals surface area contributed by atoms with Crippen molar-refractivity contribution in [3.8, 4) is 22.4 Å². The van der Waals surface area contributed by atoms with E-state index in [9.17, 15) is 14.7 Å². The molecular weight excluding hydrogens is 466 g/mol. The molecule has 2 N–H and O–H groups in total. The molecule has 0 spiro atoms. The van der Waals surface area contributed by atoms with E-state index in [0.29, 0.717) is 24.2 Å². The van der Waals surface area contributed by atoms with E-state index < -0.39 is 23.6 Å². The van der Waals surface area contributed by atoms with Crippen molar-refractivity contribution in [3.63, 3.8) is 0 Å². The first-order chi connectivity index (χ1) is 17.8. The van der Waals surface area contributed by atoms with Gasteiger partial charge in [-0.25, -0.2) is 4.79 Å². The van der Waals surface area contributed by atoms with Gasteiger partial charge in [-0.2, -0.15) is 5.10 Å². The van der Waals surface area contributed by atoms with E-state index in [2.05, 4.69) is 10.4 Å². The first kappa shape index (κ1) is 24.3. The summed E-state index contributed by atoms with van der Waals surface area (Å²) in [5.74, 6) is -0.752. The maximum atomic E-state index is 12.7. The van der Waals surface area contributed by atoms with Crippen LogP contribution in [0.15, 0.2) is 78.9 Å². The summed E-state index contributed by atoms with van der Waals surface area (Å²) in [7, 11) is 1.83. The second-order valence-electron chi connectivity index (χ2n) is 9.56. The number of hydrogen-bond acceptors (Lipinski definition) is 4. The SMILES string of the molecule is Cc1c(NC(=O)OC(C)c2ccccc2)c(-c2ccc(-c3ccc(C4(C(=O)O)CC4)cc3)cc2)nn1C. The van der Waals surface area contributed by atoms with Gasteiger partial charge in [0.05, 0.1) is 16.8 Å². The van der Waals surface area contributed by atoms with E-state index in [1.807, 2.05) is 99.8 Å². The molecule has 0 radical (unpaired) electrons. The smallest absolute Gasteiger partial charge is 0.412 e. The summed E-state index contributed by atoms with van der Waals surface area (Å²) in [6.07, 6.45) is 0.446. The van der Waals surface area contributed by atoms with Crippen LogP contribution in [0.2, 0.25) is 0 Å². The number of carboxylic acid groups (broad SMARTS) is 1. The lowest BCUT2D eigenvalue weighted by atomic mass is 9.93. The topological polar surface area (TPSA) is 93.4 Å². The molecule has 3 aromatic carbocycles. The first-order valence-electron chi connectivity index (χ1n) is 12.3. The Balaban J connectivity index is 1.33. The van der Waals surface area contributed by atoms with Gasteiger partial charge in [0, 0.05) is 12.6 Å². The number of aromatic nitrogens is 2. The highest BCUT2D eigenvalue weighted by atomic mass is 16.6. The molecule has 1 atom stereocenters. The molecule has 1 aliphatic carbocycles. The first-order valence-corrected chi connectivity index (χ1v) is 12.3. The number of nitrogens with zero attached hydrogens (tertiary/aromatic N) is 2. The molecule has 4 aromatic rings. The van der Waals surface area contributed by atoms with Gasteiger partial charge in [0.15, 0.2) is 0 Å². The molecule has 1 fully saturated rings. The number of benzene rings is 3. The minimum absolute atomic E-state index is 0.391. The number of carbonyl (C=O) groups excluding carboxylic acids is 1. The minimum atomic E-state index is -0.752. The molecule has 1 heterocycles. The Morgan fingerprint density at radius 3 is 2.08 bits per heavy atom. The Bertz CT molecular complexity index is 1440. The van der Waals surface area contributed by atoms with Crippen molar-refractivity contribution in [2.45, 2.75) is 38.2 Å². The third kappa shape index (κ3) is 4.72. The lowest BCUT2D eigenvalue weighted by molar-refractivity contribution is -0.140. The molecule has 0 bridgehead atoms. The molecule has 1 amide bonds. The van der Waals surface area contributed by atoms with Crippen LogP contribution in [0, 0.1) is 6.92 Å². The van der Waals surface area contributed by atoms with Crippen LogP contribution >= 0.6 is 0 Å². The van der Waals surface area contributed by atoms with Crippen LogP contribution in [0.5, 0.6) is 0 Å². The third-order valence-electron chi connectivity index (χ3n) is 7.20. The van der Waals surface area contributed by atoms with Crippen molar-refractivity contribution in [2.24, 2.45) is 7.05 Å². The van der Waals surface area contributed by atoms with Crippen LogP contribution in [-0.2, 0) is 22.0 Å². The van der Waals surface area contributed by atoms with E-state index in [-0.39, 0.29) is 0 Å². The van der Waals surface area contributed by atoms with E-state index in [4.69, 9.17) is 4.74 Å². The van der Waals surface area contributed by atoms with Gasteiger partial charge in [-0.15, -0.1) is 0 Å². The zero-order valence-electron chi connectivity index (χ0n) is 21.1. The number of ether oxygens (including phenoxy) is 1. The molecule has 7 heteroatoms. The van der Waals surface area contributed by atoms with Crippen molar-refractivity contribution < 1.29 is 19.4 Å². The minimum Gasteiger partial charge on any atom is -0.481 e. The summed E-state index contributed by atoms with van der Waals surface area (Å²) in [6, 6.07) is 25.3. The van der Waals surface area contributed by atoms with Gasteiger partial charge in [0.25, 0.3) is 0 Å². The molecule has 188 valence electrons. The van der Waals surface area contributed by atoms with E-state index in [1.54, 1.807) is 4.68 Å². The largest absolute Gasteiger partial charge is 0.481 e. The lowest BCUT2D eigenvalue weighted by Gasteiger charge is -2.15. The van der Waals surface area contributed by atoms with Crippen LogP contribution in [0.1, 0.15) is 42.7 Å². The quantitative estimate of drug-likeness (QED) is 0.306. The molecule has 37 heavy (non-hydrogen) atoms. The van der Waals surface area contributed by atoms with Crippen LogP contribution < -0.4 is 5.32 Å². The van der Waals surface area contributed by atoms with Gasteiger partial charge in [0.1, 0.15) is 11.8 Å². The molecule has 5 rings (SSSR count). The molecule has 1 unspecified atom stereocenters. The molecule has 7 nitrogen and oxygen atoms in total. The fraction of sp³-hybridized carbons (Fsp3) is 0.233. The number of rotatable bonds is 7. The normalized spacial score (nSPS) is 14.6. The van der Waals surface area contributed by atoms with Crippen molar-refractivity contribution >= 4 is 17.7 Å². The fourth-order valence-corrected chi connectivity index (χ4v) is 4.60. The Morgan fingerprint density at radius 1 is 0.946 bits per heavy atom. The summed E-state index contributed by atoms with van der Waals surface area (Å²) in [4.78, 5) is 24.3. The van der Waals surface area contributed by atoms with Gasteiger partial charge in [-0.1, -0.05) is 78.9 Å². The summed E-state index contributed by atoms with van der Waals surface area (Å²) < 4.78 is 7.33. The van der Waals surface area contributed by atoms with E-state index in [1.165, 1.54) is 0 Å². The highest BCUT2D eigenvalue weighted by Gasteiger charge is 2.51. The number of nitrogens with one attached hydrogen (secondary N) is 1. The van der Waals surface area contributed by atoms with Crippen molar-refractivity contribution in [1.82, 2.24) is 9.78 Å². The maximum absolute atomic E-state index is 12.7. The Hall–Kier alpha value is -4.39. The van der Waals surface area contributed by atoms with E-state index >= 15 is 0 Å². The van der Waals surface area contributed by atoms with Gasteiger partial charge in [-0.3, -0.25) is 14.8 Å². The van der Waals surface area contributed by atoms with Gasteiger partial charge < -0.3 is 9.84 Å². The van der Waals surface area contributed by atoms with Gasteiger partial charge in [0.2, 0.25) is 0 Å². The second-order valence-corrected chi connectivity index (χ2v) is 9.56. The summed E-state index contributed by atoms with van der Waals surface area (Å²) in [6.45, 7) is 3.73. The molecule has 1 saturated carbocycles. The Kier molecular flexibility index (Phi) is 6.29. The maximum Gasteiger partial charge on any atom is 0.412 e. The zero-order chi connectivity index (χ0) is 26.2. The second kappa shape index (κ2) is 9.58. The standard InChI is InChI=1S/C30H29N3O4/c1-19-26(31-29(36)37-20(2)21-7-5-4-6-8-21)27(32-33(19)3)24-11-9-22(10-12-24)23-13-15-25(16-14-23)30(17-18-30)28(34)35/h4-16,20H,17-18H2,1-3H3,(H,31,36)(H,34,35). The number of carbonyl (C=O) groups is 2. The van der Waals surface area contributed by atoms with Crippen LogP contribution in [0.3, 0.4) is 0 Å². The van der Waals surface area contributed by atoms with Crippen LogP contribution in [-0.4, -0.2) is 26.9 Å². The number of aliphatic carboxylic acids is 1. The van der Waals surface area contributed by atoms with Gasteiger partial charge in [-0.05, 0) is 48.9 Å². The predicted octanol–water partition coefficient (Wildman–Crippen LogP) is 6.49. The molecule has 1 aliphatic rings. The number of hydrogen-bond donors (Lipinski definition) is 2. The highest BCUT2D eigenvalue weighted by Crippen LogP contribution is 2.48. The van der Waals surface area contributed by atoms with Crippen molar-refractivity contribution in [2.75, 3.05) is 5.32 Å².